The Balaban J connectivity index is 3.94. The molecule has 2 N–H and O–H groups in total. The zero-order valence-electron chi connectivity index (χ0n) is 9.86. The lowest BCUT2D eigenvalue weighted by atomic mass is 10.2. The van der Waals surface area contributed by atoms with Crippen molar-refractivity contribution in [1.82, 2.24) is 4.72 Å². The fourth-order valence-electron chi connectivity index (χ4n) is 1.21. The molecule has 0 radical (unpaired) electrons. The number of hydrogen-bond donors (Lipinski definition) is 2. The number of nitrogens with one attached hydrogen (secondary N) is 1. The molecule has 0 aliphatic rings. The van der Waals surface area contributed by atoms with Crippen LogP contribution in [0, 0.1) is 5.92 Å². The van der Waals surface area contributed by atoms with Gasteiger partial charge in [-0.1, -0.05) is 33.6 Å². The van der Waals surface area contributed by atoms with Crippen molar-refractivity contribution in [2.24, 2.45) is 5.92 Å². The van der Waals surface area contributed by atoms with Gasteiger partial charge in [-0.15, -0.1) is 0 Å². The Hall–Kier alpha value is -0.130. The van der Waals surface area contributed by atoms with Gasteiger partial charge < -0.3 is 5.11 Å². The molecule has 2 unspecified atom stereocenters. The summed E-state index contributed by atoms with van der Waals surface area (Å²) in [5, 5.41) is 9.38. The zero-order chi connectivity index (χ0) is 11.9. The summed E-state index contributed by atoms with van der Waals surface area (Å²) < 4.78 is 25.4. The van der Waals surface area contributed by atoms with E-state index in [-0.39, 0.29) is 18.2 Å². The zero-order valence-corrected chi connectivity index (χ0v) is 10.7. The van der Waals surface area contributed by atoms with Crippen molar-refractivity contribution in [3.05, 3.63) is 0 Å². The summed E-state index contributed by atoms with van der Waals surface area (Å²) in [6.07, 6.45) is 1.76. The third-order valence-corrected chi connectivity index (χ3v) is 3.98. The third kappa shape index (κ3) is 7.76. The highest BCUT2D eigenvalue weighted by atomic mass is 32.2. The number of aliphatic hydroxyl groups is 1. The van der Waals surface area contributed by atoms with Gasteiger partial charge >= 0.3 is 0 Å². The first-order chi connectivity index (χ1) is 6.91. The number of hydrogen-bond acceptors (Lipinski definition) is 3. The van der Waals surface area contributed by atoms with E-state index in [1.54, 1.807) is 0 Å². The van der Waals surface area contributed by atoms with Crippen molar-refractivity contribution in [2.45, 2.75) is 46.1 Å². The first-order valence-electron chi connectivity index (χ1n) is 5.56. The van der Waals surface area contributed by atoms with Gasteiger partial charge in [0.2, 0.25) is 10.0 Å². The largest absolute Gasteiger partial charge is 0.392 e. The maximum absolute atomic E-state index is 11.5. The highest BCUT2D eigenvalue weighted by molar-refractivity contribution is 7.89. The highest BCUT2D eigenvalue weighted by Gasteiger charge is 2.15. The second kappa shape index (κ2) is 7.19. The summed E-state index contributed by atoms with van der Waals surface area (Å²) in [6.45, 7) is 5.96. The van der Waals surface area contributed by atoms with Gasteiger partial charge in [0, 0.05) is 6.54 Å². The molecule has 0 spiro atoms. The van der Waals surface area contributed by atoms with Gasteiger partial charge in [0.25, 0.3) is 0 Å². The predicted molar refractivity (Wildman–Crippen MR) is 62.2 cm³/mol. The first-order valence-corrected chi connectivity index (χ1v) is 7.21. The van der Waals surface area contributed by atoms with Crippen molar-refractivity contribution in [1.29, 1.82) is 0 Å². The average Bonchev–Trinajstić information content (AvgIpc) is 2.15. The molecule has 0 aromatic carbocycles. The maximum atomic E-state index is 11.5. The van der Waals surface area contributed by atoms with Crippen LogP contribution < -0.4 is 4.72 Å². The lowest BCUT2D eigenvalue weighted by Crippen LogP contribution is -2.35. The molecule has 0 saturated heterocycles. The second-order valence-electron chi connectivity index (χ2n) is 4.09. The van der Waals surface area contributed by atoms with Crippen molar-refractivity contribution < 1.29 is 13.5 Å². The van der Waals surface area contributed by atoms with E-state index in [0.717, 1.165) is 12.8 Å². The topological polar surface area (TPSA) is 66.4 Å². The Kier molecular flexibility index (Phi) is 7.13. The maximum Gasteiger partial charge on any atom is 0.211 e. The van der Waals surface area contributed by atoms with Gasteiger partial charge in [0.1, 0.15) is 0 Å². The van der Waals surface area contributed by atoms with E-state index in [2.05, 4.69) is 4.72 Å². The monoisotopic (exact) mass is 237 g/mol. The second-order valence-corrected chi connectivity index (χ2v) is 5.94. The highest BCUT2D eigenvalue weighted by Crippen LogP contribution is 2.04. The molecule has 5 heteroatoms. The molecule has 0 fully saturated rings. The summed E-state index contributed by atoms with van der Waals surface area (Å²) in [4.78, 5) is 0. The number of aliphatic hydroxyl groups excluding tert-OH is 1. The van der Waals surface area contributed by atoms with Gasteiger partial charge in [-0.2, -0.15) is 0 Å². The van der Waals surface area contributed by atoms with Gasteiger partial charge in [-0.25, -0.2) is 13.1 Å². The first kappa shape index (κ1) is 14.9. The Labute approximate surface area is 93.1 Å². The van der Waals surface area contributed by atoms with E-state index >= 15 is 0 Å². The molecule has 0 heterocycles. The molecule has 0 saturated carbocycles. The Morgan fingerprint density at radius 1 is 1.33 bits per heavy atom. The van der Waals surface area contributed by atoms with E-state index < -0.39 is 16.1 Å². The minimum Gasteiger partial charge on any atom is -0.392 e. The van der Waals surface area contributed by atoms with Crippen LogP contribution in [0.25, 0.3) is 0 Å². The summed E-state index contributed by atoms with van der Waals surface area (Å²) in [6, 6.07) is 0. The molecule has 0 aromatic heterocycles. The molecule has 0 aliphatic carbocycles. The van der Waals surface area contributed by atoms with E-state index in [9.17, 15) is 13.5 Å². The van der Waals surface area contributed by atoms with E-state index in [1.807, 2.05) is 20.8 Å². The number of sulfonamides is 1. The van der Waals surface area contributed by atoms with Crippen LogP contribution in [0.15, 0.2) is 0 Å². The molecule has 0 aliphatic heterocycles. The van der Waals surface area contributed by atoms with Crippen molar-refractivity contribution in [2.75, 3.05) is 12.3 Å². The quantitative estimate of drug-likeness (QED) is 0.664. The van der Waals surface area contributed by atoms with E-state index in [4.69, 9.17) is 0 Å². The van der Waals surface area contributed by atoms with Crippen LogP contribution in [0.5, 0.6) is 0 Å². The van der Waals surface area contributed by atoms with Crippen LogP contribution in [-0.4, -0.2) is 31.9 Å². The van der Waals surface area contributed by atoms with Crippen molar-refractivity contribution in [3.63, 3.8) is 0 Å². The Morgan fingerprint density at radius 2 is 1.93 bits per heavy atom. The van der Waals surface area contributed by atoms with Gasteiger partial charge in [0.15, 0.2) is 0 Å². The van der Waals surface area contributed by atoms with Gasteiger partial charge in [-0.05, 0) is 12.3 Å². The molecule has 15 heavy (non-hydrogen) atoms. The molecule has 0 aromatic rings. The summed E-state index contributed by atoms with van der Waals surface area (Å²) >= 11 is 0. The molecule has 92 valence electrons. The van der Waals surface area contributed by atoms with Crippen LogP contribution in [0.1, 0.15) is 40.0 Å². The minimum atomic E-state index is -3.22. The van der Waals surface area contributed by atoms with Gasteiger partial charge in [-0.3, -0.25) is 0 Å². The van der Waals surface area contributed by atoms with Crippen LogP contribution in [-0.2, 0) is 10.0 Å². The van der Waals surface area contributed by atoms with Crippen molar-refractivity contribution in [3.8, 4) is 0 Å². The molecule has 0 rings (SSSR count). The fraction of sp³-hybridized carbons (Fsp3) is 1.00. The summed E-state index contributed by atoms with van der Waals surface area (Å²) in [7, 11) is -3.22. The van der Waals surface area contributed by atoms with Gasteiger partial charge in [0.05, 0.1) is 11.9 Å². The molecule has 0 amide bonds. The Morgan fingerprint density at radius 3 is 2.40 bits per heavy atom. The molecular formula is C10H23NO3S. The lowest BCUT2D eigenvalue weighted by molar-refractivity contribution is 0.167. The summed E-state index contributed by atoms with van der Waals surface area (Å²) in [5.41, 5.74) is 0. The molecule has 4 nitrogen and oxygen atoms in total. The normalized spacial score (nSPS) is 16.3. The van der Waals surface area contributed by atoms with E-state index in [1.165, 1.54) is 0 Å². The van der Waals surface area contributed by atoms with Crippen molar-refractivity contribution >= 4 is 10.0 Å². The van der Waals surface area contributed by atoms with Crippen LogP contribution in [0.2, 0.25) is 0 Å². The van der Waals surface area contributed by atoms with Crippen LogP contribution in [0.3, 0.4) is 0 Å². The fourth-order valence-corrected chi connectivity index (χ4v) is 2.76. The standard InChI is InChI=1S/C10H23NO3S/c1-4-6-10(12)7-11-15(13,14)8-9(3)5-2/h9-12H,4-8H2,1-3H3. The lowest BCUT2D eigenvalue weighted by Gasteiger charge is -2.13. The minimum absolute atomic E-state index is 0.132. The average molecular weight is 237 g/mol. The van der Waals surface area contributed by atoms with Crippen LogP contribution in [0.4, 0.5) is 0 Å². The smallest absolute Gasteiger partial charge is 0.211 e. The number of rotatable bonds is 8. The molecule has 0 bridgehead atoms. The van der Waals surface area contributed by atoms with Crippen LogP contribution >= 0.6 is 0 Å². The summed E-state index contributed by atoms with van der Waals surface area (Å²) in [5.74, 6) is 0.299. The predicted octanol–water partition coefficient (Wildman–Crippen LogP) is 1.11. The van der Waals surface area contributed by atoms with E-state index in [0.29, 0.717) is 6.42 Å². The molecule has 2 atom stereocenters. The SMILES string of the molecule is CCCC(O)CNS(=O)(=O)CC(C)CC. The Bertz CT molecular complexity index is 251. The third-order valence-electron chi connectivity index (χ3n) is 2.36. The molecular weight excluding hydrogens is 214 g/mol.